The molecule has 1 unspecified atom stereocenters. The van der Waals surface area contributed by atoms with E-state index in [0.29, 0.717) is 10.8 Å². The minimum Gasteiger partial charge on any atom is -0.346 e. The molecule has 0 fully saturated rings. The van der Waals surface area contributed by atoms with Gasteiger partial charge in [0.1, 0.15) is 6.33 Å². The maximum absolute atomic E-state index is 12.6. The zero-order chi connectivity index (χ0) is 24.0. The zero-order valence-electron chi connectivity index (χ0n) is 18.9. The summed E-state index contributed by atoms with van der Waals surface area (Å²) in [6.07, 6.45) is 1.54. The summed E-state index contributed by atoms with van der Waals surface area (Å²) in [7, 11) is 0. The van der Waals surface area contributed by atoms with Crippen LogP contribution in [0.5, 0.6) is 0 Å². The van der Waals surface area contributed by atoms with Crippen LogP contribution in [0.1, 0.15) is 25.0 Å². The zero-order valence-corrected chi connectivity index (χ0v) is 19.7. The summed E-state index contributed by atoms with van der Waals surface area (Å²) in [5.41, 5.74) is 4.06. The normalized spacial score (nSPS) is 11.5. The van der Waals surface area contributed by atoms with E-state index in [2.05, 4.69) is 26.1 Å². The smallest absolute Gasteiger partial charge is 0.243 e. The molecule has 9 nitrogen and oxygen atoms in total. The van der Waals surface area contributed by atoms with Gasteiger partial charge in [-0.05, 0) is 50.1 Å². The molecule has 0 aliphatic rings. The number of nitrogens with one attached hydrogen (secondary N) is 3. The highest BCUT2D eigenvalue weighted by molar-refractivity contribution is 8.00. The number of aryl methyl sites for hydroxylation is 2. The molecule has 33 heavy (non-hydrogen) atoms. The van der Waals surface area contributed by atoms with E-state index in [4.69, 9.17) is 0 Å². The molecule has 172 valence electrons. The first-order valence-corrected chi connectivity index (χ1v) is 11.2. The van der Waals surface area contributed by atoms with Gasteiger partial charge in [-0.1, -0.05) is 36.0 Å². The highest BCUT2D eigenvalue weighted by Crippen LogP contribution is 2.25. The van der Waals surface area contributed by atoms with Crippen molar-refractivity contribution in [3.63, 3.8) is 0 Å². The van der Waals surface area contributed by atoms with Crippen LogP contribution in [-0.4, -0.2) is 44.3 Å². The molecule has 0 bridgehead atoms. The van der Waals surface area contributed by atoms with Gasteiger partial charge in [0, 0.05) is 18.3 Å². The summed E-state index contributed by atoms with van der Waals surface area (Å²) in [6.45, 7) is 6.87. The van der Waals surface area contributed by atoms with E-state index in [1.807, 2.05) is 38.1 Å². The lowest BCUT2D eigenvalue weighted by Gasteiger charge is -2.14. The van der Waals surface area contributed by atoms with Gasteiger partial charge in [-0.3, -0.25) is 19.0 Å². The maximum Gasteiger partial charge on any atom is 0.243 e. The third-order valence-electron chi connectivity index (χ3n) is 4.78. The van der Waals surface area contributed by atoms with E-state index < -0.39 is 5.25 Å². The number of nitrogens with zero attached hydrogens (tertiary/aromatic N) is 3. The van der Waals surface area contributed by atoms with Crippen molar-refractivity contribution < 1.29 is 14.4 Å². The molecule has 3 amide bonds. The van der Waals surface area contributed by atoms with Gasteiger partial charge in [-0.2, -0.15) is 0 Å². The molecule has 10 heteroatoms. The number of hydrogen-bond acceptors (Lipinski definition) is 6. The number of hydrogen-bond donors (Lipinski definition) is 3. The van der Waals surface area contributed by atoms with E-state index in [1.54, 1.807) is 29.7 Å². The maximum atomic E-state index is 12.6. The van der Waals surface area contributed by atoms with Crippen molar-refractivity contribution >= 4 is 40.9 Å². The van der Waals surface area contributed by atoms with Crippen molar-refractivity contribution in [3.05, 3.63) is 59.9 Å². The summed E-state index contributed by atoms with van der Waals surface area (Å²) >= 11 is 1.22. The summed E-state index contributed by atoms with van der Waals surface area (Å²) < 4.78 is 1.73. The fraction of sp³-hybridized carbons (Fsp3) is 0.261. The molecule has 1 heterocycles. The molecule has 0 radical (unpaired) electrons. The third kappa shape index (κ3) is 6.42. The van der Waals surface area contributed by atoms with Gasteiger partial charge in [-0.25, -0.2) is 0 Å². The number of carbonyl (C=O) groups excluding carboxylic acids is 3. The van der Waals surface area contributed by atoms with Crippen LogP contribution in [0.25, 0.3) is 5.69 Å². The van der Waals surface area contributed by atoms with Crippen molar-refractivity contribution in [2.45, 2.75) is 38.1 Å². The van der Waals surface area contributed by atoms with Gasteiger partial charge >= 0.3 is 0 Å². The average molecular weight is 467 g/mol. The van der Waals surface area contributed by atoms with E-state index in [-0.39, 0.29) is 24.3 Å². The lowest BCUT2D eigenvalue weighted by molar-refractivity contribution is -0.123. The van der Waals surface area contributed by atoms with Crippen molar-refractivity contribution in [1.82, 2.24) is 20.1 Å². The fourth-order valence-corrected chi connectivity index (χ4v) is 4.00. The molecule has 3 N–H and O–H groups in total. The first kappa shape index (κ1) is 24.0. The van der Waals surface area contributed by atoms with Gasteiger partial charge in [-0.15, -0.1) is 10.2 Å². The Morgan fingerprint density at radius 2 is 1.76 bits per heavy atom. The monoisotopic (exact) mass is 466 g/mol. The highest BCUT2D eigenvalue weighted by Gasteiger charge is 2.19. The minimum atomic E-state index is -0.514. The molecule has 3 aromatic rings. The Labute approximate surface area is 196 Å². The van der Waals surface area contributed by atoms with Crippen molar-refractivity contribution in [1.29, 1.82) is 0 Å². The molecule has 1 aromatic heterocycles. The van der Waals surface area contributed by atoms with Crippen LogP contribution in [0.2, 0.25) is 0 Å². The number of thioether (sulfide) groups is 1. The summed E-state index contributed by atoms with van der Waals surface area (Å²) in [5, 5.41) is 16.3. The van der Waals surface area contributed by atoms with Crippen LogP contribution in [0.3, 0.4) is 0 Å². The predicted octanol–water partition coefficient (Wildman–Crippen LogP) is 3.08. The Hall–Kier alpha value is -3.66. The highest BCUT2D eigenvalue weighted by atomic mass is 32.2. The Morgan fingerprint density at radius 3 is 2.45 bits per heavy atom. The fourth-order valence-electron chi connectivity index (χ4n) is 3.14. The number of rotatable bonds is 8. The Balaban J connectivity index is 1.59. The molecule has 3 rings (SSSR count). The topological polar surface area (TPSA) is 118 Å². The largest absolute Gasteiger partial charge is 0.346 e. The first-order chi connectivity index (χ1) is 15.7. The van der Waals surface area contributed by atoms with Crippen LogP contribution >= 0.6 is 11.8 Å². The summed E-state index contributed by atoms with van der Waals surface area (Å²) in [6, 6.07) is 13.0. The molecular formula is C23H26N6O3S. The molecule has 0 aliphatic heterocycles. The molecule has 2 aromatic carbocycles. The Morgan fingerprint density at radius 1 is 1.06 bits per heavy atom. The van der Waals surface area contributed by atoms with Crippen molar-refractivity contribution in [3.8, 4) is 5.69 Å². The van der Waals surface area contributed by atoms with E-state index >= 15 is 0 Å². The van der Waals surface area contributed by atoms with Crippen molar-refractivity contribution in [2.75, 3.05) is 17.2 Å². The van der Waals surface area contributed by atoms with Crippen LogP contribution in [0.15, 0.2) is 53.9 Å². The van der Waals surface area contributed by atoms with Gasteiger partial charge in [0.25, 0.3) is 0 Å². The van der Waals surface area contributed by atoms with Gasteiger partial charge < -0.3 is 16.0 Å². The van der Waals surface area contributed by atoms with Crippen LogP contribution in [-0.2, 0) is 14.4 Å². The standard InChI is InChI=1S/C23H26N6O3S/c1-14-7-5-8-15(2)21(14)27-20(31)12-24-22(32)16(3)33-23-28-25-13-29(23)19-10-6-9-18(11-19)26-17(4)30/h5-11,13,16H,12H2,1-4H3,(H,24,32)(H,26,30)(H,27,31). The van der Waals surface area contributed by atoms with Crippen LogP contribution in [0, 0.1) is 13.8 Å². The quantitative estimate of drug-likeness (QED) is 0.439. The lowest BCUT2D eigenvalue weighted by atomic mass is 10.1. The van der Waals surface area contributed by atoms with Gasteiger partial charge in [0.15, 0.2) is 5.16 Å². The Bertz CT molecular complexity index is 1160. The van der Waals surface area contributed by atoms with E-state index in [1.165, 1.54) is 25.0 Å². The second-order valence-electron chi connectivity index (χ2n) is 7.51. The predicted molar refractivity (Wildman–Crippen MR) is 129 cm³/mol. The number of amides is 3. The number of aromatic nitrogens is 3. The van der Waals surface area contributed by atoms with Crippen LogP contribution < -0.4 is 16.0 Å². The number of anilines is 2. The van der Waals surface area contributed by atoms with E-state index in [9.17, 15) is 14.4 Å². The molecule has 0 aliphatic carbocycles. The Kier molecular flexibility index (Phi) is 7.83. The minimum absolute atomic E-state index is 0.136. The SMILES string of the molecule is CC(=O)Nc1cccc(-n2cnnc2SC(C)C(=O)NCC(=O)Nc2c(C)cccc2C)c1. The van der Waals surface area contributed by atoms with Crippen LogP contribution in [0.4, 0.5) is 11.4 Å². The van der Waals surface area contributed by atoms with Gasteiger partial charge in [0.05, 0.1) is 17.5 Å². The first-order valence-electron chi connectivity index (χ1n) is 10.3. The average Bonchev–Trinajstić information content (AvgIpc) is 3.22. The molecule has 0 spiro atoms. The molecule has 0 saturated heterocycles. The summed E-state index contributed by atoms with van der Waals surface area (Å²) in [4.78, 5) is 36.2. The number of para-hydroxylation sites is 1. The lowest BCUT2D eigenvalue weighted by Crippen LogP contribution is -2.37. The molecule has 0 saturated carbocycles. The molecular weight excluding hydrogens is 440 g/mol. The molecule has 1 atom stereocenters. The van der Waals surface area contributed by atoms with Gasteiger partial charge in [0.2, 0.25) is 17.7 Å². The third-order valence-corrected chi connectivity index (χ3v) is 5.84. The van der Waals surface area contributed by atoms with Crippen molar-refractivity contribution in [2.24, 2.45) is 0 Å². The number of carbonyl (C=O) groups is 3. The summed E-state index contributed by atoms with van der Waals surface area (Å²) in [5.74, 6) is -0.758. The second kappa shape index (κ2) is 10.8. The van der Waals surface area contributed by atoms with E-state index in [0.717, 1.165) is 22.5 Å². The second-order valence-corrected chi connectivity index (χ2v) is 8.82. The number of benzene rings is 2.